The minimum atomic E-state index is -1.01. The van der Waals surface area contributed by atoms with Crippen LogP contribution < -0.4 is 0 Å². The second-order valence-electron chi connectivity index (χ2n) is 4.72. The van der Waals surface area contributed by atoms with Crippen LogP contribution in [0.25, 0.3) is 10.8 Å². The van der Waals surface area contributed by atoms with Crippen molar-refractivity contribution in [3.8, 4) is 0 Å². The van der Waals surface area contributed by atoms with Crippen molar-refractivity contribution in [2.45, 2.75) is 6.54 Å². The molecular weight excluding hydrogens is 270 g/mol. The smallest absolute Gasteiger partial charge is 0.336 e. The monoisotopic (exact) mass is 281 g/mol. The highest BCUT2D eigenvalue weighted by atomic mass is 16.4. The van der Waals surface area contributed by atoms with E-state index in [2.05, 4.69) is 0 Å². The van der Waals surface area contributed by atoms with Gasteiger partial charge >= 0.3 is 5.97 Å². The fourth-order valence-electron chi connectivity index (χ4n) is 2.44. The van der Waals surface area contributed by atoms with Crippen LogP contribution in [0.4, 0.5) is 0 Å². The normalized spacial score (nSPS) is 14.2. The van der Waals surface area contributed by atoms with Crippen LogP contribution in [0.2, 0.25) is 0 Å². The molecule has 1 N–H and O–H groups in total. The fourth-order valence-corrected chi connectivity index (χ4v) is 2.44. The SMILES string of the molecule is O=C(O)c1ccc(CN2C(=O)C=CC2=O)c2ccccc12. The van der Waals surface area contributed by atoms with Crippen LogP contribution >= 0.6 is 0 Å². The lowest BCUT2D eigenvalue weighted by Gasteiger charge is -2.16. The molecule has 2 aromatic rings. The number of imide groups is 1. The van der Waals surface area contributed by atoms with Crippen molar-refractivity contribution < 1.29 is 19.5 Å². The minimum Gasteiger partial charge on any atom is -0.478 e. The van der Waals surface area contributed by atoms with Crippen molar-refractivity contribution in [3.63, 3.8) is 0 Å². The number of rotatable bonds is 3. The third kappa shape index (κ3) is 2.18. The second kappa shape index (κ2) is 4.86. The van der Waals surface area contributed by atoms with Gasteiger partial charge in [0.25, 0.3) is 11.8 Å². The molecule has 0 unspecified atom stereocenters. The van der Waals surface area contributed by atoms with E-state index in [0.717, 1.165) is 15.8 Å². The third-order valence-corrected chi connectivity index (χ3v) is 3.47. The van der Waals surface area contributed by atoms with E-state index >= 15 is 0 Å². The molecular formula is C16H11NO4. The van der Waals surface area contributed by atoms with Crippen LogP contribution in [0.3, 0.4) is 0 Å². The Morgan fingerprint density at radius 2 is 1.57 bits per heavy atom. The number of carboxylic acids is 1. The Balaban J connectivity index is 2.08. The summed E-state index contributed by atoms with van der Waals surface area (Å²) >= 11 is 0. The molecule has 2 amide bonds. The molecule has 1 aliphatic rings. The Morgan fingerprint density at radius 3 is 2.19 bits per heavy atom. The second-order valence-corrected chi connectivity index (χ2v) is 4.72. The standard InChI is InChI=1S/C16H11NO4/c18-14-7-8-15(19)17(14)9-10-5-6-13(16(20)21)12-4-2-1-3-11(10)12/h1-8H,9H2,(H,20,21). The molecule has 2 aromatic carbocycles. The van der Waals surface area contributed by atoms with Gasteiger partial charge in [0.05, 0.1) is 12.1 Å². The number of hydrogen-bond donors (Lipinski definition) is 1. The predicted molar refractivity (Wildman–Crippen MR) is 75.6 cm³/mol. The number of carbonyl (C=O) groups excluding carboxylic acids is 2. The molecule has 0 fully saturated rings. The maximum atomic E-state index is 11.6. The number of carboxylic acid groups (broad SMARTS) is 1. The molecule has 1 aliphatic heterocycles. The average Bonchev–Trinajstić information content (AvgIpc) is 2.79. The van der Waals surface area contributed by atoms with Crippen LogP contribution in [0.5, 0.6) is 0 Å². The molecule has 1 heterocycles. The zero-order valence-electron chi connectivity index (χ0n) is 10.9. The van der Waals surface area contributed by atoms with Gasteiger partial charge in [-0.3, -0.25) is 14.5 Å². The van der Waals surface area contributed by atoms with E-state index < -0.39 is 5.97 Å². The first-order chi connectivity index (χ1) is 10.1. The van der Waals surface area contributed by atoms with Crippen LogP contribution in [0, 0.1) is 0 Å². The van der Waals surface area contributed by atoms with Crippen LogP contribution in [0.15, 0.2) is 48.6 Å². The van der Waals surface area contributed by atoms with Gasteiger partial charge in [0, 0.05) is 12.2 Å². The van der Waals surface area contributed by atoms with Gasteiger partial charge in [0.15, 0.2) is 0 Å². The van der Waals surface area contributed by atoms with Gasteiger partial charge in [-0.15, -0.1) is 0 Å². The van der Waals surface area contributed by atoms with E-state index in [1.165, 1.54) is 18.2 Å². The van der Waals surface area contributed by atoms with Gasteiger partial charge < -0.3 is 5.11 Å². The van der Waals surface area contributed by atoms with Gasteiger partial charge in [0.1, 0.15) is 0 Å². The Bertz CT molecular complexity index is 789. The third-order valence-electron chi connectivity index (χ3n) is 3.47. The molecule has 5 heteroatoms. The summed E-state index contributed by atoms with van der Waals surface area (Å²) in [6.07, 6.45) is 2.46. The molecule has 21 heavy (non-hydrogen) atoms. The molecule has 104 valence electrons. The molecule has 0 saturated heterocycles. The van der Waals surface area contributed by atoms with Crippen molar-refractivity contribution >= 4 is 28.6 Å². The summed E-state index contributed by atoms with van der Waals surface area (Å²) < 4.78 is 0. The first-order valence-corrected chi connectivity index (χ1v) is 6.35. The zero-order chi connectivity index (χ0) is 15.0. The molecule has 0 aliphatic carbocycles. The molecule has 0 aromatic heterocycles. The van der Waals surface area contributed by atoms with Gasteiger partial charge in [0.2, 0.25) is 0 Å². The van der Waals surface area contributed by atoms with E-state index in [9.17, 15) is 19.5 Å². The van der Waals surface area contributed by atoms with E-state index in [1.54, 1.807) is 30.3 Å². The van der Waals surface area contributed by atoms with E-state index in [-0.39, 0.29) is 23.9 Å². The predicted octanol–water partition coefficient (Wildman–Crippen LogP) is 1.96. The molecule has 0 spiro atoms. The number of nitrogens with zero attached hydrogens (tertiary/aromatic N) is 1. The minimum absolute atomic E-state index is 0.130. The number of hydrogen-bond acceptors (Lipinski definition) is 3. The zero-order valence-corrected chi connectivity index (χ0v) is 10.9. The molecule has 0 saturated carbocycles. The Hall–Kier alpha value is -2.95. The fraction of sp³-hybridized carbons (Fsp3) is 0.0625. The van der Waals surface area contributed by atoms with E-state index in [4.69, 9.17) is 0 Å². The Kier molecular flexibility index (Phi) is 3.02. The summed E-state index contributed by atoms with van der Waals surface area (Å²) in [5.74, 6) is -1.72. The van der Waals surface area contributed by atoms with Gasteiger partial charge in [-0.2, -0.15) is 0 Å². The van der Waals surface area contributed by atoms with Crippen LogP contribution in [-0.4, -0.2) is 27.8 Å². The number of amides is 2. The highest BCUT2D eigenvalue weighted by Crippen LogP contribution is 2.25. The maximum absolute atomic E-state index is 11.6. The molecule has 3 rings (SSSR count). The van der Waals surface area contributed by atoms with Gasteiger partial charge in [-0.25, -0.2) is 4.79 Å². The van der Waals surface area contributed by atoms with Gasteiger partial charge in [-0.1, -0.05) is 30.3 Å². The molecule has 0 radical (unpaired) electrons. The molecule has 5 nitrogen and oxygen atoms in total. The summed E-state index contributed by atoms with van der Waals surface area (Å²) in [5, 5.41) is 10.5. The Morgan fingerprint density at radius 1 is 0.952 bits per heavy atom. The quantitative estimate of drug-likeness (QED) is 0.873. The van der Waals surface area contributed by atoms with Crippen molar-refractivity contribution in [2.24, 2.45) is 0 Å². The molecule has 0 atom stereocenters. The summed E-state index contributed by atoms with van der Waals surface area (Å²) in [6.45, 7) is 0.130. The highest BCUT2D eigenvalue weighted by Gasteiger charge is 2.24. The van der Waals surface area contributed by atoms with Crippen molar-refractivity contribution in [3.05, 3.63) is 59.7 Å². The number of fused-ring (bicyclic) bond motifs is 1. The average molecular weight is 281 g/mol. The van der Waals surface area contributed by atoms with E-state index in [0.29, 0.717) is 5.39 Å². The lowest BCUT2D eigenvalue weighted by Crippen LogP contribution is -2.29. The van der Waals surface area contributed by atoms with Gasteiger partial charge in [-0.05, 0) is 22.4 Å². The van der Waals surface area contributed by atoms with Crippen LogP contribution in [-0.2, 0) is 16.1 Å². The van der Waals surface area contributed by atoms with Crippen molar-refractivity contribution in [2.75, 3.05) is 0 Å². The highest BCUT2D eigenvalue weighted by molar-refractivity contribution is 6.13. The first-order valence-electron chi connectivity index (χ1n) is 6.35. The number of carbonyl (C=O) groups is 3. The summed E-state index contributed by atoms with van der Waals surface area (Å²) in [7, 11) is 0. The summed E-state index contributed by atoms with van der Waals surface area (Å²) in [4.78, 5) is 35.6. The van der Waals surface area contributed by atoms with Crippen molar-refractivity contribution in [1.29, 1.82) is 0 Å². The summed E-state index contributed by atoms with van der Waals surface area (Å²) in [5.41, 5.74) is 0.938. The summed E-state index contributed by atoms with van der Waals surface area (Å²) in [6, 6.07) is 10.2. The lowest BCUT2D eigenvalue weighted by atomic mass is 9.99. The largest absolute Gasteiger partial charge is 0.478 e. The van der Waals surface area contributed by atoms with E-state index in [1.807, 2.05) is 0 Å². The maximum Gasteiger partial charge on any atom is 0.336 e. The first kappa shape index (κ1) is 13.1. The topological polar surface area (TPSA) is 74.7 Å². The lowest BCUT2D eigenvalue weighted by molar-refractivity contribution is -0.137. The number of aromatic carboxylic acids is 1. The van der Waals surface area contributed by atoms with Crippen molar-refractivity contribution in [1.82, 2.24) is 4.90 Å². The molecule has 0 bridgehead atoms. The Labute approximate surface area is 120 Å². The number of benzene rings is 2. The van der Waals surface area contributed by atoms with Crippen LogP contribution in [0.1, 0.15) is 15.9 Å².